The van der Waals surface area contributed by atoms with E-state index in [2.05, 4.69) is 34.9 Å². The molecule has 0 spiro atoms. The predicted octanol–water partition coefficient (Wildman–Crippen LogP) is 1.75. The van der Waals surface area contributed by atoms with Crippen molar-refractivity contribution in [2.75, 3.05) is 38.6 Å². The first kappa shape index (κ1) is 15.3. The van der Waals surface area contributed by atoms with Crippen LogP contribution in [0.15, 0.2) is 18.3 Å². The van der Waals surface area contributed by atoms with E-state index in [4.69, 9.17) is 5.73 Å². The molecule has 0 aliphatic carbocycles. The number of nitrogens with zero attached hydrogens (tertiary/aromatic N) is 3. The van der Waals surface area contributed by atoms with Crippen LogP contribution in [-0.2, 0) is 6.42 Å². The number of hydrogen-bond acceptors (Lipinski definition) is 4. The molecule has 112 valence electrons. The molecule has 1 aliphatic rings. The van der Waals surface area contributed by atoms with Gasteiger partial charge in [-0.1, -0.05) is 6.07 Å². The summed E-state index contributed by atoms with van der Waals surface area (Å²) in [7, 11) is 4.37. The van der Waals surface area contributed by atoms with Gasteiger partial charge in [0.15, 0.2) is 0 Å². The summed E-state index contributed by atoms with van der Waals surface area (Å²) < 4.78 is 0. The maximum absolute atomic E-state index is 5.94. The van der Waals surface area contributed by atoms with Crippen molar-refractivity contribution < 1.29 is 0 Å². The molecule has 1 saturated heterocycles. The summed E-state index contributed by atoms with van der Waals surface area (Å²) in [6.45, 7) is 5.57. The normalized spacial score (nSPS) is 19.0. The quantitative estimate of drug-likeness (QED) is 0.890. The van der Waals surface area contributed by atoms with Crippen molar-refractivity contribution in [1.82, 2.24) is 9.88 Å². The first-order valence-corrected chi connectivity index (χ1v) is 7.65. The van der Waals surface area contributed by atoms with Crippen molar-refractivity contribution in [3.05, 3.63) is 23.9 Å². The Balaban J connectivity index is 1.99. The summed E-state index contributed by atoms with van der Waals surface area (Å²) >= 11 is 0. The van der Waals surface area contributed by atoms with E-state index in [0.29, 0.717) is 0 Å². The van der Waals surface area contributed by atoms with Crippen LogP contribution in [0.2, 0.25) is 0 Å². The molecule has 1 aromatic rings. The smallest absolute Gasteiger partial charge is 0.131 e. The Bertz CT molecular complexity index is 411. The van der Waals surface area contributed by atoms with E-state index in [1.807, 2.05) is 19.2 Å². The fourth-order valence-electron chi connectivity index (χ4n) is 3.00. The predicted molar refractivity (Wildman–Crippen MR) is 85.1 cm³/mol. The minimum Gasteiger partial charge on any atom is -0.359 e. The number of hydrogen-bond donors (Lipinski definition) is 1. The van der Waals surface area contributed by atoms with Crippen LogP contribution in [0.1, 0.15) is 25.3 Å². The van der Waals surface area contributed by atoms with Crippen LogP contribution in [0.5, 0.6) is 0 Å². The molecule has 2 heterocycles. The molecule has 20 heavy (non-hydrogen) atoms. The van der Waals surface area contributed by atoms with Crippen LogP contribution in [-0.4, -0.2) is 49.7 Å². The van der Waals surface area contributed by atoms with Gasteiger partial charge in [0, 0.05) is 25.8 Å². The SMILES string of the molecule is CC(N)Cc1cccnc1N(C)CC1CCN(C)CC1. The zero-order chi connectivity index (χ0) is 14.5. The molecule has 0 saturated carbocycles. The lowest BCUT2D eigenvalue weighted by atomic mass is 9.96. The minimum absolute atomic E-state index is 0.176. The van der Waals surface area contributed by atoms with E-state index in [1.165, 1.54) is 31.5 Å². The second-order valence-electron chi connectivity index (χ2n) is 6.29. The maximum Gasteiger partial charge on any atom is 0.131 e. The van der Waals surface area contributed by atoms with Gasteiger partial charge in [0.05, 0.1) is 0 Å². The van der Waals surface area contributed by atoms with Gasteiger partial charge in [-0.25, -0.2) is 4.98 Å². The number of anilines is 1. The average molecular weight is 276 g/mol. The van der Waals surface area contributed by atoms with Crippen molar-refractivity contribution in [2.24, 2.45) is 11.7 Å². The molecule has 1 atom stereocenters. The number of rotatable bonds is 5. The van der Waals surface area contributed by atoms with Crippen LogP contribution >= 0.6 is 0 Å². The van der Waals surface area contributed by atoms with Crippen LogP contribution < -0.4 is 10.6 Å². The zero-order valence-corrected chi connectivity index (χ0v) is 13.0. The van der Waals surface area contributed by atoms with E-state index in [9.17, 15) is 0 Å². The molecule has 1 unspecified atom stereocenters. The topological polar surface area (TPSA) is 45.4 Å². The molecule has 1 fully saturated rings. The molecular weight excluding hydrogens is 248 g/mol. The fourth-order valence-corrected chi connectivity index (χ4v) is 3.00. The highest BCUT2D eigenvalue weighted by molar-refractivity contribution is 5.46. The molecule has 0 bridgehead atoms. The first-order valence-electron chi connectivity index (χ1n) is 7.65. The molecule has 0 amide bonds. The van der Waals surface area contributed by atoms with Crippen molar-refractivity contribution in [2.45, 2.75) is 32.2 Å². The third-order valence-electron chi connectivity index (χ3n) is 4.14. The number of piperidine rings is 1. The highest BCUT2D eigenvalue weighted by atomic mass is 15.2. The Hall–Kier alpha value is -1.13. The number of nitrogens with two attached hydrogens (primary N) is 1. The van der Waals surface area contributed by atoms with Crippen molar-refractivity contribution in [1.29, 1.82) is 0 Å². The highest BCUT2D eigenvalue weighted by Gasteiger charge is 2.19. The largest absolute Gasteiger partial charge is 0.359 e. The van der Waals surface area contributed by atoms with E-state index in [0.717, 1.165) is 24.7 Å². The van der Waals surface area contributed by atoms with Crippen molar-refractivity contribution in [3.8, 4) is 0 Å². The second-order valence-corrected chi connectivity index (χ2v) is 6.29. The van der Waals surface area contributed by atoms with Gasteiger partial charge >= 0.3 is 0 Å². The second kappa shape index (κ2) is 7.04. The molecule has 1 aliphatic heterocycles. The van der Waals surface area contributed by atoms with Crippen LogP contribution in [0.3, 0.4) is 0 Å². The van der Waals surface area contributed by atoms with Crippen LogP contribution in [0, 0.1) is 5.92 Å². The Labute approximate surface area is 123 Å². The van der Waals surface area contributed by atoms with Gasteiger partial charge in [-0.3, -0.25) is 0 Å². The van der Waals surface area contributed by atoms with Gasteiger partial charge in [-0.15, -0.1) is 0 Å². The summed E-state index contributed by atoms with van der Waals surface area (Å²) in [6.07, 6.45) is 5.35. The van der Waals surface area contributed by atoms with Crippen molar-refractivity contribution in [3.63, 3.8) is 0 Å². The number of pyridine rings is 1. The Kier molecular flexibility index (Phi) is 5.38. The molecule has 0 radical (unpaired) electrons. The third kappa shape index (κ3) is 4.18. The standard InChI is InChI=1S/C16H28N4/c1-13(17)11-15-5-4-8-18-16(15)20(3)12-14-6-9-19(2)10-7-14/h4-5,8,13-14H,6-7,9-12,17H2,1-3H3. The lowest BCUT2D eigenvalue weighted by Gasteiger charge is -2.32. The summed E-state index contributed by atoms with van der Waals surface area (Å²) in [5.41, 5.74) is 7.20. The van der Waals surface area contributed by atoms with E-state index < -0.39 is 0 Å². The molecule has 4 heteroatoms. The Morgan fingerprint density at radius 1 is 1.45 bits per heavy atom. The summed E-state index contributed by atoms with van der Waals surface area (Å²) in [5, 5.41) is 0. The lowest BCUT2D eigenvalue weighted by Crippen LogP contribution is -2.36. The molecular formula is C16H28N4. The lowest BCUT2D eigenvalue weighted by molar-refractivity contribution is 0.222. The summed E-state index contributed by atoms with van der Waals surface area (Å²) in [5.74, 6) is 1.88. The summed E-state index contributed by atoms with van der Waals surface area (Å²) in [6, 6.07) is 4.33. The van der Waals surface area contributed by atoms with Crippen molar-refractivity contribution >= 4 is 5.82 Å². The van der Waals surface area contributed by atoms with E-state index in [-0.39, 0.29) is 6.04 Å². The highest BCUT2D eigenvalue weighted by Crippen LogP contribution is 2.22. The Morgan fingerprint density at radius 2 is 2.15 bits per heavy atom. The average Bonchev–Trinajstić information content (AvgIpc) is 2.41. The molecule has 2 rings (SSSR count). The maximum atomic E-state index is 5.94. The Morgan fingerprint density at radius 3 is 2.80 bits per heavy atom. The van der Waals surface area contributed by atoms with Crippen LogP contribution in [0.4, 0.5) is 5.82 Å². The first-order chi connectivity index (χ1) is 9.56. The monoisotopic (exact) mass is 276 g/mol. The number of likely N-dealkylation sites (tertiary alicyclic amines) is 1. The molecule has 2 N–H and O–H groups in total. The fraction of sp³-hybridized carbons (Fsp3) is 0.688. The van der Waals surface area contributed by atoms with Gasteiger partial charge in [0.1, 0.15) is 5.82 Å². The molecule has 4 nitrogen and oxygen atoms in total. The van der Waals surface area contributed by atoms with E-state index in [1.54, 1.807) is 0 Å². The third-order valence-corrected chi connectivity index (χ3v) is 4.14. The molecule has 0 aromatic carbocycles. The van der Waals surface area contributed by atoms with Gasteiger partial charge in [0.25, 0.3) is 0 Å². The minimum atomic E-state index is 0.176. The van der Waals surface area contributed by atoms with Gasteiger partial charge in [-0.2, -0.15) is 0 Å². The molecule has 1 aromatic heterocycles. The summed E-state index contributed by atoms with van der Waals surface area (Å²) in [4.78, 5) is 9.30. The van der Waals surface area contributed by atoms with Crippen LogP contribution in [0.25, 0.3) is 0 Å². The van der Waals surface area contributed by atoms with Gasteiger partial charge in [0.2, 0.25) is 0 Å². The van der Waals surface area contributed by atoms with E-state index >= 15 is 0 Å². The zero-order valence-electron chi connectivity index (χ0n) is 13.0. The van der Waals surface area contributed by atoms with Gasteiger partial charge < -0.3 is 15.5 Å². The number of aromatic nitrogens is 1. The van der Waals surface area contributed by atoms with Gasteiger partial charge in [-0.05, 0) is 63.9 Å².